The monoisotopic (exact) mass is 322 g/mol. The van der Waals surface area contributed by atoms with Crippen LogP contribution in [0.5, 0.6) is 0 Å². The minimum atomic E-state index is -0.0980. The zero-order valence-electron chi connectivity index (χ0n) is 14.4. The Labute approximate surface area is 142 Å². The predicted octanol–water partition coefficient (Wildman–Crippen LogP) is 4.67. The number of para-hydroxylation sites is 1. The third-order valence-corrected chi connectivity index (χ3v) is 3.33. The third kappa shape index (κ3) is 4.07. The van der Waals surface area contributed by atoms with Crippen molar-refractivity contribution in [3.63, 3.8) is 0 Å². The lowest BCUT2D eigenvalue weighted by molar-refractivity contribution is -0.114. The summed E-state index contributed by atoms with van der Waals surface area (Å²) >= 11 is 0. The normalized spacial score (nSPS) is 9.83. The maximum Gasteiger partial charge on any atom is 0.221 e. The second-order valence-corrected chi connectivity index (χ2v) is 5.08. The highest BCUT2D eigenvalue weighted by molar-refractivity contribution is 5.97. The van der Waals surface area contributed by atoms with E-state index in [1.807, 2.05) is 63.2 Å². The molecule has 1 aromatic heterocycles. The fourth-order valence-corrected chi connectivity index (χ4v) is 2.29. The first kappa shape index (κ1) is 17.4. The molecule has 0 fully saturated rings. The summed E-state index contributed by atoms with van der Waals surface area (Å²) in [4.78, 5) is 19.9. The number of hydrogen-bond donors (Lipinski definition) is 2. The molecule has 0 aliphatic rings. The summed E-state index contributed by atoms with van der Waals surface area (Å²) in [6.07, 6.45) is 1.51. The van der Waals surface area contributed by atoms with E-state index in [1.165, 1.54) is 13.3 Å². The van der Waals surface area contributed by atoms with E-state index in [-0.39, 0.29) is 5.91 Å². The van der Waals surface area contributed by atoms with Gasteiger partial charge in [-0.1, -0.05) is 32.0 Å². The Bertz CT molecular complexity index is 831. The van der Waals surface area contributed by atoms with Crippen LogP contribution < -0.4 is 10.6 Å². The summed E-state index contributed by atoms with van der Waals surface area (Å²) in [6.45, 7) is 7.44. The van der Waals surface area contributed by atoms with Crippen molar-refractivity contribution in [1.82, 2.24) is 9.97 Å². The molecular weight excluding hydrogens is 300 g/mol. The maximum atomic E-state index is 11.3. The molecule has 0 saturated heterocycles. The van der Waals surface area contributed by atoms with Gasteiger partial charge < -0.3 is 10.6 Å². The minimum Gasteiger partial charge on any atom is -0.340 e. The number of hydrogen-bond acceptors (Lipinski definition) is 4. The SMILES string of the molecule is CC.CC(=O)Nc1cc2ncnc(Nc3ccccc3)c2cc1C. The van der Waals surface area contributed by atoms with Gasteiger partial charge in [0.1, 0.15) is 12.1 Å². The van der Waals surface area contributed by atoms with Crippen LogP contribution in [0.1, 0.15) is 26.3 Å². The summed E-state index contributed by atoms with van der Waals surface area (Å²) in [5, 5.41) is 7.03. The fourth-order valence-electron chi connectivity index (χ4n) is 2.29. The molecule has 5 heteroatoms. The van der Waals surface area contributed by atoms with Crippen LogP contribution in [0.2, 0.25) is 0 Å². The molecule has 1 heterocycles. The second-order valence-electron chi connectivity index (χ2n) is 5.08. The first-order valence-corrected chi connectivity index (χ1v) is 7.98. The van der Waals surface area contributed by atoms with E-state index in [4.69, 9.17) is 0 Å². The van der Waals surface area contributed by atoms with Gasteiger partial charge in [0.25, 0.3) is 0 Å². The zero-order chi connectivity index (χ0) is 17.5. The van der Waals surface area contributed by atoms with Gasteiger partial charge in [-0.05, 0) is 36.8 Å². The number of nitrogens with one attached hydrogen (secondary N) is 2. The lowest BCUT2D eigenvalue weighted by atomic mass is 10.1. The number of aryl methyl sites for hydroxylation is 1. The summed E-state index contributed by atoms with van der Waals surface area (Å²) in [5.41, 5.74) is 3.48. The van der Waals surface area contributed by atoms with Gasteiger partial charge in [0.2, 0.25) is 5.91 Å². The molecule has 0 bridgehead atoms. The highest BCUT2D eigenvalue weighted by Crippen LogP contribution is 2.27. The molecule has 0 aliphatic carbocycles. The molecule has 3 aromatic rings. The number of nitrogens with zero attached hydrogens (tertiary/aromatic N) is 2. The number of fused-ring (bicyclic) bond motifs is 1. The topological polar surface area (TPSA) is 66.9 Å². The van der Waals surface area contributed by atoms with Gasteiger partial charge >= 0.3 is 0 Å². The molecule has 124 valence electrons. The Hall–Kier alpha value is -2.95. The van der Waals surface area contributed by atoms with Crippen LogP contribution in [0, 0.1) is 6.92 Å². The predicted molar refractivity (Wildman–Crippen MR) is 99.7 cm³/mol. The number of aromatic nitrogens is 2. The molecular formula is C19H22N4O. The summed E-state index contributed by atoms with van der Waals surface area (Å²) in [5.74, 6) is 0.646. The van der Waals surface area contributed by atoms with Crippen LogP contribution >= 0.6 is 0 Å². The molecule has 0 radical (unpaired) electrons. The molecule has 3 rings (SSSR count). The lowest BCUT2D eigenvalue weighted by Gasteiger charge is -2.11. The summed E-state index contributed by atoms with van der Waals surface area (Å²) in [6, 6.07) is 13.7. The largest absolute Gasteiger partial charge is 0.340 e. The van der Waals surface area contributed by atoms with Gasteiger partial charge in [0.15, 0.2) is 0 Å². The van der Waals surface area contributed by atoms with Crippen LogP contribution in [0.15, 0.2) is 48.8 Å². The Kier molecular flexibility index (Phi) is 5.84. The number of benzene rings is 2. The van der Waals surface area contributed by atoms with Gasteiger partial charge in [0.05, 0.1) is 5.52 Å². The van der Waals surface area contributed by atoms with E-state index in [1.54, 1.807) is 0 Å². The van der Waals surface area contributed by atoms with Gasteiger partial charge in [-0.3, -0.25) is 4.79 Å². The van der Waals surface area contributed by atoms with Gasteiger partial charge in [-0.25, -0.2) is 9.97 Å². The molecule has 1 amide bonds. The molecule has 0 unspecified atom stereocenters. The Morgan fingerprint density at radius 2 is 1.75 bits per heavy atom. The first-order valence-electron chi connectivity index (χ1n) is 7.98. The molecule has 0 saturated carbocycles. The fraction of sp³-hybridized carbons (Fsp3) is 0.211. The second kappa shape index (κ2) is 8.06. The number of carbonyl (C=O) groups is 1. The molecule has 0 atom stereocenters. The quantitative estimate of drug-likeness (QED) is 0.735. The highest BCUT2D eigenvalue weighted by atomic mass is 16.1. The molecule has 2 aromatic carbocycles. The average Bonchev–Trinajstić information content (AvgIpc) is 2.59. The smallest absolute Gasteiger partial charge is 0.221 e. The van der Waals surface area contributed by atoms with Crippen molar-refractivity contribution < 1.29 is 4.79 Å². The van der Waals surface area contributed by atoms with Crippen LogP contribution in [0.4, 0.5) is 17.2 Å². The zero-order valence-corrected chi connectivity index (χ0v) is 14.4. The van der Waals surface area contributed by atoms with Crippen molar-refractivity contribution in [3.05, 3.63) is 54.4 Å². The van der Waals surface area contributed by atoms with E-state index < -0.39 is 0 Å². The average molecular weight is 322 g/mol. The van der Waals surface area contributed by atoms with Crippen molar-refractivity contribution in [2.24, 2.45) is 0 Å². The lowest BCUT2D eigenvalue weighted by Crippen LogP contribution is -2.07. The van der Waals surface area contributed by atoms with Gasteiger partial charge in [0, 0.05) is 23.7 Å². The van der Waals surface area contributed by atoms with Crippen molar-refractivity contribution in [1.29, 1.82) is 0 Å². The standard InChI is InChI=1S/C17H16N4O.C2H6/c1-11-8-14-16(9-15(11)20-12(2)22)18-10-19-17(14)21-13-6-4-3-5-7-13;1-2/h3-10H,1-2H3,(H,20,22)(H,18,19,21);1-2H3. The van der Waals surface area contributed by atoms with Crippen LogP contribution in [0.3, 0.4) is 0 Å². The van der Waals surface area contributed by atoms with Crippen molar-refractivity contribution in [2.45, 2.75) is 27.7 Å². The van der Waals surface area contributed by atoms with Gasteiger partial charge in [-0.15, -0.1) is 0 Å². The van der Waals surface area contributed by atoms with Crippen LogP contribution in [-0.4, -0.2) is 15.9 Å². The van der Waals surface area contributed by atoms with E-state index in [0.717, 1.165) is 33.7 Å². The van der Waals surface area contributed by atoms with Crippen LogP contribution in [-0.2, 0) is 4.79 Å². The van der Waals surface area contributed by atoms with E-state index in [2.05, 4.69) is 20.6 Å². The number of amides is 1. The van der Waals surface area contributed by atoms with Crippen molar-refractivity contribution >= 4 is 34.0 Å². The molecule has 5 nitrogen and oxygen atoms in total. The molecule has 24 heavy (non-hydrogen) atoms. The Balaban J connectivity index is 0.00000100. The number of rotatable bonds is 3. The van der Waals surface area contributed by atoms with E-state index in [9.17, 15) is 4.79 Å². The molecule has 0 aliphatic heterocycles. The van der Waals surface area contributed by atoms with E-state index in [0.29, 0.717) is 0 Å². The number of carbonyl (C=O) groups excluding carboxylic acids is 1. The minimum absolute atomic E-state index is 0.0980. The van der Waals surface area contributed by atoms with Gasteiger partial charge in [-0.2, -0.15) is 0 Å². The Morgan fingerprint density at radius 1 is 1.04 bits per heavy atom. The highest BCUT2D eigenvalue weighted by Gasteiger charge is 2.08. The summed E-state index contributed by atoms with van der Waals surface area (Å²) in [7, 11) is 0. The third-order valence-electron chi connectivity index (χ3n) is 3.33. The molecule has 2 N–H and O–H groups in total. The first-order chi connectivity index (χ1) is 11.6. The van der Waals surface area contributed by atoms with E-state index >= 15 is 0 Å². The Morgan fingerprint density at radius 3 is 2.42 bits per heavy atom. The maximum absolute atomic E-state index is 11.3. The molecule has 0 spiro atoms. The number of anilines is 3. The van der Waals surface area contributed by atoms with Crippen molar-refractivity contribution in [3.8, 4) is 0 Å². The van der Waals surface area contributed by atoms with Crippen LogP contribution in [0.25, 0.3) is 10.9 Å². The van der Waals surface area contributed by atoms with Crippen molar-refractivity contribution in [2.75, 3.05) is 10.6 Å². The summed E-state index contributed by atoms with van der Waals surface area (Å²) < 4.78 is 0.